The van der Waals surface area contributed by atoms with Gasteiger partial charge in [-0.15, -0.1) is 0 Å². The van der Waals surface area contributed by atoms with E-state index in [9.17, 15) is 23.2 Å². The van der Waals surface area contributed by atoms with Gasteiger partial charge < -0.3 is 24.0 Å². The fraction of sp³-hybridized carbons (Fsp3) is 0.531. The number of benzene rings is 1. The normalized spacial score (nSPS) is 12.8. The molecule has 45 heavy (non-hydrogen) atoms. The fourth-order valence-electron chi connectivity index (χ4n) is 3.55. The lowest BCUT2D eigenvalue weighted by molar-refractivity contribution is -0.138. The first-order chi connectivity index (χ1) is 21.3. The van der Waals surface area contributed by atoms with Crippen LogP contribution in [0.3, 0.4) is 0 Å². The molecule has 0 atom stereocenters. The Labute approximate surface area is 270 Å². The minimum atomic E-state index is -4.57. The number of anilines is 1. The van der Waals surface area contributed by atoms with Crippen molar-refractivity contribution in [2.45, 2.75) is 66.5 Å². The third-order valence-corrected chi connectivity index (χ3v) is 6.20. The first-order valence-electron chi connectivity index (χ1n) is 15.0. The number of hydrogen-bond donors (Lipinski definition) is 1. The highest BCUT2D eigenvalue weighted by atomic mass is 32.2. The number of nitrogens with zero attached hydrogens (tertiary/aromatic N) is 5. The molecule has 1 aliphatic heterocycles. The highest BCUT2D eigenvalue weighted by Gasteiger charge is 2.32. The number of nitrogens with one attached hydrogen (secondary N) is 1. The maximum absolute atomic E-state index is 12.7. The van der Waals surface area contributed by atoms with Gasteiger partial charge in [-0.05, 0) is 65.2 Å². The molecule has 3 heterocycles. The number of carbonyl (C=O) groups excluding carboxylic acids is 1. The molecule has 13 heteroatoms. The molecule has 0 saturated carbocycles. The van der Waals surface area contributed by atoms with Gasteiger partial charge in [0.1, 0.15) is 22.8 Å². The van der Waals surface area contributed by atoms with Crippen molar-refractivity contribution in [3.05, 3.63) is 48.3 Å². The van der Waals surface area contributed by atoms with E-state index in [4.69, 9.17) is 4.18 Å². The summed E-state index contributed by atoms with van der Waals surface area (Å²) in [6, 6.07) is 11.3. The Morgan fingerprint density at radius 1 is 1.04 bits per heavy atom. The number of piperazine rings is 1. The van der Waals surface area contributed by atoms with Gasteiger partial charge in [0.2, 0.25) is 0 Å². The molecular formula is C32H49F3N6O3S. The van der Waals surface area contributed by atoms with Crippen LogP contribution in [-0.4, -0.2) is 78.9 Å². The van der Waals surface area contributed by atoms with Crippen LogP contribution >= 0.6 is 12.0 Å². The summed E-state index contributed by atoms with van der Waals surface area (Å²) >= 11 is -0.612. The third kappa shape index (κ3) is 15.4. The van der Waals surface area contributed by atoms with E-state index in [0.717, 1.165) is 44.0 Å². The molecule has 0 radical (unpaired) electrons. The molecule has 9 nitrogen and oxygen atoms in total. The molecule has 0 aliphatic carbocycles. The molecule has 2 aromatic heterocycles. The number of hydrogen-bond acceptors (Lipinski definition) is 9. The molecule has 0 bridgehead atoms. The summed E-state index contributed by atoms with van der Waals surface area (Å²) in [4.78, 5) is 14.2. The van der Waals surface area contributed by atoms with Crippen molar-refractivity contribution >= 4 is 29.7 Å². The lowest BCUT2D eigenvalue weighted by Crippen LogP contribution is -2.44. The van der Waals surface area contributed by atoms with Crippen LogP contribution < -0.4 is 14.4 Å². The van der Waals surface area contributed by atoms with Crippen LogP contribution in [0, 0.1) is 11.3 Å². The summed E-state index contributed by atoms with van der Waals surface area (Å²) < 4.78 is 48.8. The second-order valence-electron chi connectivity index (χ2n) is 10.0. The Kier molecular flexibility index (Phi) is 19.7. The predicted octanol–water partition coefficient (Wildman–Crippen LogP) is 7.41. The van der Waals surface area contributed by atoms with Gasteiger partial charge in [-0.1, -0.05) is 46.8 Å². The van der Waals surface area contributed by atoms with Crippen LogP contribution in [0.25, 0.3) is 16.6 Å². The lowest BCUT2D eigenvalue weighted by atomic mass is 10.1. The third-order valence-electron chi connectivity index (χ3n) is 5.75. The predicted molar refractivity (Wildman–Crippen MR) is 179 cm³/mol. The smallest absolute Gasteiger partial charge is 0.462 e. The molecule has 252 valence electrons. The standard InChI is InChI=1S/C20H18F3N5OS.C5H10O2.C3H9N.2C2H6/c1-26-6-8-27(9-7-26)17-4-2-14(3-5-17)15-10-18(29-30-20(21,22)23)19-16(11-24)12-25-28(19)13-15;1-5(2,3)7-4-6;1-3-4-2;2*1-2/h2-5,10,12-13H,6-9H2,1H3;4H,1-3H3;4H,3H2,1-2H3;2*1-2H3. The van der Waals surface area contributed by atoms with Crippen LogP contribution in [0.15, 0.2) is 42.7 Å². The highest BCUT2D eigenvalue weighted by molar-refractivity contribution is 7.95. The molecule has 3 aromatic rings. The van der Waals surface area contributed by atoms with Gasteiger partial charge >= 0.3 is 5.51 Å². The van der Waals surface area contributed by atoms with E-state index in [1.807, 2.05) is 85.8 Å². The van der Waals surface area contributed by atoms with E-state index in [1.165, 1.54) is 16.8 Å². The summed E-state index contributed by atoms with van der Waals surface area (Å²) in [7, 11) is 4.03. The number of fused-ring (bicyclic) bond motifs is 1. The Balaban J connectivity index is 0.00000109. The van der Waals surface area contributed by atoms with Gasteiger partial charge in [0.25, 0.3) is 6.47 Å². The van der Waals surface area contributed by atoms with E-state index < -0.39 is 17.6 Å². The molecule has 1 N–H and O–H groups in total. The fourth-order valence-corrected chi connectivity index (χ4v) is 3.86. The Morgan fingerprint density at radius 2 is 1.60 bits per heavy atom. The molecule has 1 aliphatic rings. The van der Waals surface area contributed by atoms with Gasteiger partial charge in [-0.2, -0.15) is 23.5 Å². The van der Waals surface area contributed by atoms with Crippen LogP contribution in [0.1, 0.15) is 61.0 Å². The van der Waals surface area contributed by atoms with Crippen molar-refractivity contribution in [1.82, 2.24) is 19.8 Å². The summed E-state index contributed by atoms with van der Waals surface area (Å²) in [5, 5.41) is 16.3. The maximum atomic E-state index is 12.7. The zero-order valence-electron chi connectivity index (χ0n) is 28.2. The van der Waals surface area contributed by atoms with Gasteiger partial charge in [0.15, 0.2) is 17.8 Å². The second kappa shape index (κ2) is 21.3. The second-order valence-corrected chi connectivity index (χ2v) is 10.8. The molecule has 0 spiro atoms. The number of nitriles is 1. The molecule has 1 saturated heterocycles. The topological polar surface area (TPSA) is 95.1 Å². The van der Waals surface area contributed by atoms with E-state index in [1.54, 1.807) is 6.20 Å². The molecule has 1 aromatic carbocycles. The van der Waals surface area contributed by atoms with Gasteiger partial charge in [-0.25, -0.2) is 4.52 Å². The lowest BCUT2D eigenvalue weighted by Gasteiger charge is -2.34. The van der Waals surface area contributed by atoms with E-state index in [-0.39, 0.29) is 22.4 Å². The Bertz CT molecular complexity index is 1280. The van der Waals surface area contributed by atoms with Crippen molar-refractivity contribution in [3.63, 3.8) is 0 Å². The van der Waals surface area contributed by atoms with Crippen LogP contribution in [0.4, 0.5) is 18.9 Å². The number of pyridine rings is 1. The average Bonchev–Trinajstić information content (AvgIpc) is 3.45. The number of rotatable bonds is 6. The molecule has 0 unspecified atom stereocenters. The molecular weight excluding hydrogens is 605 g/mol. The van der Waals surface area contributed by atoms with Gasteiger partial charge in [0.05, 0.1) is 6.20 Å². The SMILES string of the molecule is CC.CC.CC(C)(C)OC=O.CCNC.CN1CCN(c2ccc(-c3cc(OSC(F)(F)F)c4c(C#N)cnn4c3)cc2)CC1. The van der Waals surface area contributed by atoms with E-state index in [0.29, 0.717) is 12.0 Å². The van der Waals surface area contributed by atoms with Gasteiger partial charge in [0, 0.05) is 43.6 Å². The van der Waals surface area contributed by atoms with Crippen molar-refractivity contribution in [1.29, 1.82) is 5.26 Å². The molecule has 1 fully saturated rings. The van der Waals surface area contributed by atoms with Crippen molar-refractivity contribution in [2.24, 2.45) is 0 Å². The van der Waals surface area contributed by atoms with Crippen LogP contribution in [0.5, 0.6) is 5.75 Å². The largest absolute Gasteiger partial charge is 0.479 e. The first kappa shape index (κ1) is 41.5. The molecule has 0 amide bonds. The first-order valence-corrected chi connectivity index (χ1v) is 15.7. The zero-order valence-corrected chi connectivity index (χ0v) is 29.0. The van der Waals surface area contributed by atoms with Crippen molar-refractivity contribution < 1.29 is 26.9 Å². The van der Waals surface area contributed by atoms with Crippen molar-refractivity contribution in [2.75, 3.05) is 51.7 Å². The summed E-state index contributed by atoms with van der Waals surface area (Å²) in [5.74, 6) is -0.0629. The Morgan fingerprint density at radius 3 is 2.02 bits per heavy atom. The number of alkyl halides is 3. The van der Waals surface area contributed by atoms with E-state index in [2.05, 4.69) is 38.9 Å². The number of carbonyl (C=O) groups is 1. The Hall–Kier alpha value is -3.47. The quantitative estimate of drug-likeness (QED) is 0.215. The minimum Gasteiger partial charge on any atom is -0.462 e. The average molecular weight is 655 g/mol. The van der Waals surface area contributed by atoms with E-state index >= 15 is 0 Å². The van der Waals surface area contributed by atoms with Gasteiger partial charge in [-0.3, -0.25) is 4.79 Å². The number of ether oxygens (including phenoxy) is 1. The minimum absolute atomic E-state index is 0.0629. The number of halogens is 3. The summed E-state index contributed by atoms with van der Waals surface area (Å²) in [6.07, 6.45) is 2.98. The van der Waals surface area contributed by atoms with Crippen LogP contribution in [-0.2, 0) is 9.53 Å². The highest BCUT2D eigenvalue weighted by Crippen LogP contribution is 2.37. The number of aromatic nitrogens is 2. The molecule has 4 rings (SSSR count). The summed E-state index contributed by atoms with van der Waals surface area (Å²) in [5.41, 5.74) is -1.99. The maximum Gasteiger partial charge on any atom is 0.479 e. The van der Waals surface area contributed by atoms with Crippen LogP contribution in [0.2, 0.25) is 0 Å². The van der Waals surface area contributed by atoms with Crippen molar-refractivity contribution in [3.8, 4) is 22.9 Å². The monoisotopic (exact) mass is 654 g/mol. The number of likely N-dealkylation sites (N-methyl/N-ethyl adjacent to an activating group) is 1. The summed E-state index contributed by atoms with van der Waals surface area (Å²) in [6.45, 7) is 20.9. The zero-order chi connectivity index (χ0) is 34.6.